The molecule has 3 rings (SSSR count). The highest BCUT2D eigenvalue weighted by Crippen LogP contribution is 2.22. The number of likely N-dealkylation sites (N-methyl/N-ethyl adjacent to an activating group) is 1. The van der Waals surface area contributed by atoms with Gasteiger partial charge in [-0.05, 0) is 53.4 Å². The fourth-order valence-corrected chi connectivity index (χ4v) is 5.38. The van der Waals surface area contributed by atoms with Crippen LogP contribution in [0.3, 0.4) is 0 Å². The second-order valence-corrected chi connectivity index (χ2v) is 11.3. The van der Waals surface area contributed by atoms with E-state index in [0.717, 1.165) is 33.5 Å². The summed E-state index contributed by atoms with van der Waals surface area (Å²) in [5.74, 6) is -0.0230. The molecule has 1 N–H and O–H groups in total. The number of benzene rings is 3. The highest BCUT2D eigenvalue weighted by Gasteiger charge is 2.31. The molecule has 0 saturated heterocycles. The summed E-state index contributed by atoms with van der Waals surface area (Å²) >= 11 is 0. The topological polar surface area (TPSA) is 96.0 Å². The van der Waals surface area contributed by atoms with Crippen molar-refractivity contribution in [3.05, 3.63) is 72.3 Å². The molecule has 0 aliphatic carbocycles. The first-order valence-corrected chi connectivity index (χ1v) is 14.3. The summed E-state index contributed by atoms with van der Waals surface area (Å²) in [5.41, 5.74) is 0.805. The second-order valence-electron chi connectivity index (χ2n) is 9.21. The lowest BCUT2D eigenvalue weighted by molar-refractivity contribution is -0.141. The number of hydrogen-bond acceptors (Lipinski definition) is 5. The largest absolute Gasteiger partial charge is 0.497 e. The number of hydrogen-bond donors (Lipinski definition) is 1. The van der Waals surface area contributed by atoms with Crippen molar-refractivity contribution < 1.29 is 22.7 Å². The molecule has 0 heterocycles. The van der Waals surface area contributed by atoms with Gasteiger partial charge in [-0.1, -0.05) is 62.7 Å². The molecule has 0 radical (unpaired) electrons. The molecule has 2 amide bonds. The monoisotopic (exact) mass is 539 g/mol. The van der Waals surface area contributed by atoms with Crippen LogP contribution in [-0.2, 0) is 26.2 Å². The van der Waals surface area contributed by atoms with Crippen molar-refractivity contribution in [3.63, 3.8) is 0 Å². The van der Waals surface area contributed by atoms with E-state index in [2.05, 4.69) is 5.32 Å². The van der Waals surface area contributed by atoms with E-state index in [0.29, 0.717) is 18.7 Å². The lowest BCUT2D eigenvalue weighted by Gasteiger charge is -2.32. The van der Waals surface area contributed by atoms with E-state index in [9.17, 15) is 18.0 Å². The minimum atomic E-state index is -3.94. The van der Waals surface area contributed by atoms with Gasteiger partial charge in [0.1, 0.15) is 11.8 Å². The molecule has 0 saturated carbocycles. The molecule has 0 aliphatic heterocycles. The fourth-order valence-electron chi connectivity index (χ4n) is 4.23. The molecule has 204 valence electrons. The van der Waals surface area contributed by atoms with Crippen LogP contribution in [0.2, 0.25) is 0 Å². The van der Waals surface area contributed by atoms with Crippen LogP contribution in [0.5, 0.6) is 5.75 Å². The lowest BCUT2D eigenvalue weighted by Crippen LogP contribution is -2.51. The summed E-state index contributed by atoms with van der Waals surface area (Å²) in [6, 6.07) is 18.9. The van der Waals surface area contributed by atoms with Gasteiger partial charge in [-0.3, -0.25) is 9.59 Å². The zero-order chi connectivity index (χ0) is 27.7. The van der Waals surface area contributed by atoms with E-state index < -0.39 is 28.5 Å². The van der Waals surface area contributed by atoms with Gasteiger partial charge in [0.05, 0.1) is 18.6 Å². The fraction of sp³-hybridized carbons (Fsp3) is 0.379. The highest BCUT2D eigenvalue weighted by atomic mass is 32.2. The minimum absolute atomic E-state index is 0.109. The van der Waals surface area contributed by atoms with Gasteiger partial charge in [0.25, 0.3) is 0 Å². The molecule has 0 fully saturated rings. The van der Waals surface area contributed by atoms with Crippen LogP contribution in [-0.4, -0.2) is 62.7 Å². The normalized spacial score (nSPS) is 12.3. The average molecular weight is 540 g/mol. The number of carbonyl (C=O) groups is 2. The first kappa shape index (κ1) is 29.1. The molecule has 0 bridgehead atoms. The summed E-state index contributed by atoms with van der Waals surface area (Å²) in [4.78, 5) is 28.3. The maximum atomic E-state index is 13.6. The molecule has 0 aliphatic rings. The Morgan fingerprint density at radius 2 is 1.66 bits per heavy atom. The van der Waals surface area contributed by atoms with Crippen molar-refractivity contribution in [1.29, 1.82) is 0 Å². The molecular weight excluding hydrogens is 502 g/mol. The van der Waals surface area contributed by atoms with Crippen LogP contribution in [0.4, 0.5) is 0 Å². The molecule has 38 heavy (non-hydrogen) atoms. The van der Waals surface area contributed by atoms with E-state index in [4.69, 9.17) is 4.74 Å². The lowest BCUT2D eigenvalue weighted by atomic mass is 10.1. The molecule has 0 spiro atoms. The smallest absolute Gasteiger partial charge is 0.243 e. The predicted octanol–water partition coefficient (Wildman–Crippen LogP) is 4.19. The van der Waals surface area contributed by atoms with Gasteiger partial charge in [-0.2, -0.15) is 4.31 Å². The van der Waals surface area contributed by atoms with E-state index >= 15 is 0 Å². The number of fused-ring (bicyclic) bond motifs is 1. The average Bonchev–Trinajstić information content (AvgIpc) is 2.93. The number of sulfonamides is 1. The predicted molar refractivity (Wildman–Crippen MR) is 149 cm³/mol. The van der Waals surface area contributed by atoms with Gasteiger partial charge in [0.15, 0.2) is 0 Å². The Morgan fingerprint density at radius 1 is 0.974 bits per heavy atom. The first-order chi connectivity index (χ1) is 18.2. The van der Waals surface area contributed by atoms with Crippen LogP contribution in [0.1, 0.15) is 38.7 Å². The third kappa shape index (κ3) is 7.11. The minimum Gasteiger partial charge on any atom is -0.497 e. The van der Waals surface area contributed by atoms with Crippen molar-refractivity contribution >= 4 is 32.6 Å². The first-order valence-electron chi connectivity index (χ1n) is 12.9. The zero-order valence-corrected chi connectivity index (χ0v) is 23.3. The van der Waals surface area contributed by atoms with Gasteiger partial charge in [-0.15, -0.1) is 0 Å². The molecule has 1 atom stereocenters. The van der Waals surface area contributed by atoms with Gasteiger partial charge in [0.2, 0.25) is 21.8 Å². The van der Waals surface area contributed by atoms with E-state index in [-0.39, 0.29) is 17.3 Å². The van der Waals surface area contributed by atoms with Crippen LogP contribution in [0.25, 0.3) is 10.8 Å². The molecule has 1 unspecified atom stereocenters. The van der Waals surface area contributed by atoms with Crippen molar-refractivity contribution in [1.82, 2.24) is 14.5 Å². The third-order valence-electron chi connectivity index (χ3n) is 6.51. The molecule has 9 heteroatoms. The van der Waals surface area contributed by atoms with Gasteiger partial charge in [0, 0.05) is 20.1 Å². The molecule has 0 aromatic heterocycles. The second kappa shape index (κ2) is 13.4. The quantitative estimate of drug-likeness (QED) is 0.329. The van der Waals surface area contributed by atoms with E-state index in [1.165, 1.54) is 11.9 Å². The van der Waals surface area contributed by atoms with Gasteiger partial charge in [-0.25, -0.2) is 8.42 Å². The summed E-state index contributed by atoms with van der Waals surface area (Å²) in [7, 11) is -0.983. The van der Waals surface area contributed by atoms with Crippen LogP contribution >= 0.6 is 0 Å². The van der Waals surface area contributed by atoms with Crippen molar-refractivity contribution in [3.8, 4) is 5.75 Å². The number of carbonyl (C=O) groups excluding carboxylic acids is 2. The van der Waals surface area contributed by atoms with Crippen molar-refractivity contribution in [2.75, 3.05) is 27.2 Å². The van der Waals surface area contributed by atoms with E-state index in [1.807, 2.05) is 50.2 Å². The Morgan fingerprint density at radius 3 is 2.29 bits per heavy atom. The maximum Gasteiger partial charge on any atom is 0.243 e. The zero-order valence-electron chi connectivity index (χ0n) is 22.5. The maximum absolute atomic E-state index is 13.6. The number of nitrogens with zero attached hydrogens (tertiary/aromatic N) is 2. The van der Waals surface area contributed by atoms with E-state index in [1.54, 1.807) is 37.4 Å². The Balaban J connectivity index is 1.85. The Hall–Kier alpha value is -3.43. The standard InChI is InChI=1S/C29H37N3O5S/c1-5-7-18-30-29(34)27(6-2)32(20-22-12-15-25(37-4)16-13-22)28(33)21-31(3)38(35,36)26-17-14-23-10-8-9-11-24(23)19-26/h8-17,19,27H,5-7,18,20-21H2,1-4H3,(H,30,34). The highest BCUT2D eigenvalue weighted by molar-refractivity contribution is 7.89. The number of methoxy groups -OCH3 is 1. The Kier molecular flexibility index (Phi) is 10.3. The number of ether oxygens (including phenoxy) is 1. The molecule has 3 aromatic carbocycles. The number of nitrogens with one attached hydrogen (secondary N) is 1. The number of rotatable bonds is 13. The van der Waals surface area contributed by atoms with Gasteiger partial charge < -0.3 is 15.0 Å². The SMILES string of the molecule is CCCCNC(=O)C(CC)N(Cc1ccc(OC)cc1)C(=O)CN(C)S(=O)(=O)c1ccc2ccccc2c1. The number of amides is 2. The summed E-state index contributed by atoms with van der Waals surface area (Å²) in [6.07, 6.45) is 2.16. The van der Waals surface area contributed by atoms with Crippen molar-refractivity contribution in [2.24, 2.45) is 0 Å². The summed E-state index contributed by atoms with van der Waals surface area (Å²) in [6.45, 7) is 4.16. The summed E-state index contributed by atoms with van der Waals surface area (Å²) in [5, 5.41) is 4.64. The van der Waals surface area contributed by atoms with Crippen LogP contribution in [0.15, 0.2) is 71.6 Å². The van der Waals surface area contributed by atoms with Crippen LogP contribution < -0.4 is 10.1 Å². The molecular formula is C29H37N3O5S. The molecule has 3 aromatic rings. The van der Waals surface area contributed by atoms with Crippen LogP contribution in [0, 0.1) is 0 Å². The molecule has 8 nitrogen and oxygen atoms in total. The Bertz CT molecular complexity index is 1340. The van der Waals surface area contributed by atoms with Crippen molar-refractivity contribution in [2.45, 2.75) is 50.6 Å². The third-order valence-corrected chi connectivity index (χ3v) is 8.31. The van der Waals surface area contributed by atoms with Gasteiger partial charge >= 0.3 is 0 Å². The Labute approximate surface area is 225 Å². The summed E-state index contributed by atoms with van der Waals surface area (Å²) < 4.78 is 33.0. The number of unbranched alkanes of at least 4 members (excludes halogenated alkanes) is 1.